The van der Waals surface area contributed by atoms with Crippen molar-refractivity contribution in [1.29, 1.82) is 0 Å². The van der Waals surface area contributed by atoms with Crippen LogP contribution in [0.1, 0.15) is 10.4 Å². The highest BCUT2D eigenvalue weighted by molar-refractivity contribution is 9.10. The van der Waals surface area contributed by atoms with E-state index in [0.29, 0.717) is 35.2 Å². The zero-order chi connectivity index (χ0) is 14.7. The summed E-state index contributed by atoms with van der Waals surface area (Å²) in [5, 5.41) is 0.606. The number of hydrogen-bond donors (Lipinski definition) is 1. The Labute approximate surface area is 137 Å². The fourth-order valence-electron chi connectivity index (χ4n) is 2.16. The number of nitrogens with two attached hydrogens (primary N) is 1. The summed E-state index contributed by atoms with van der Waals surface area (Å²) in [4.78, 5) is 16.9. The molecule has 0 atom stereocenters. The van der Waals surface area contributed by atoms with Crippen LogP contribution in [-0.2, 0) is 0 Å². The second-order valence-corrected chi connectivity index (χ2v) is 6.47. The molecule has 0 aliphatic carbocycles. The third-order valence-electron chi connectivity index (χ3n) is 3.20. The molecule has 1 amide bonds. The summed E-state index contributed by atoms with van der Waals surface area (Å²) in [6.07, 6.45) is 0. The summed E-state index contributed by atoms with van der Waals surface area (Å²) < 4.78 is 0.723. The maximum Gasteiger partial charge on any atom is 0.255 e. The van der Waals surface area contributed by atoms with Gasteiger partial charge in [0.05, 0.1) is 10.6 Å². The van der Waals surface area contributed by atoms with Crippen molar-refractivity contribution in [3.63, 3.8) is 0 Å². The molecular weight excluding hydrogens is 362 g/mol. The van der Waals surface area contributed by atoms with Crippen LogP contribution in [0.25, 0.3) is 0 Å². The van der Waals surface area contributed by atoms with Gasteiger partial charge in [-0.05, 0) is 34.1 Å². The van der Waals surface area contributed by atoms with Crippen molar-refractivity contribution >= 4 is 50.6 Å². The number of hydrogen-bond acceptors (Lipinski definition) is 3. The molecule has 1 saturated heterocycles. The summed E-state index contributed by atoms with van der Waals surface area (Å²) in [5.41, 5.74) is 6.17. The summed E-state index contributed by atoms with van der Waals surface area (Å²) in [6.45, 7) is 3.54. The number of amides is 1. The fraction of sp³-hybridized carbons (Fsp3) is 0.385. The van der Waals surface area contributed by atoms with Crippen LogP contribution in [0.4, 0.5) is 0 Å². The molecule has 1 fully saturated rings. The lowest BCUT2D eigenvalue weighted by atomic mass is 10.2. The summed E-state index contributed by atoms with van der Waals surface area (Å²) in [7, 11) is 0. The van der Waals surface area contributed by atoms with Crippen molar-refractivity contribution in [1.82, 2.24) is 9.80 Å². The maximum absolute atomic E-state index is 12.4. The minimum absolute atomic E-state index is 0.0171. The monoisotopic (exact) mass is 375 g/mol. The van der Waals surface area contributed by atoms with Crippen molar-refractivity contribution in [2.75, 3.05) is 32.7 Å². The molecule has 1 aromatic rings. The smallest absolute Gasteiger partial charge is 0.255 e. The molecule has 0 bridgehead atoms. The minimum atomic E-state index is 0.0171. The van der Waals surface area contributed by atoms with Gasteiger partial charge >= 0.3 is 0 Å². The van der Waals surface area contributed by atoms with Gasteiger partial charge in [0.2, 0.25) is 0 Å². The van der Waals surface area contributed by atoms with Crippen LogP contribution in [-0.4, -0.2) is 53.4 Å². The Bertz CT molecular complexity index is 532. The van der Waals surface area contributed by atoms with Gasteiger partial charge < -0.3 is 10.6 Å². The predicted molar refractivity (Wildman–Crippen MR) is 88.3 cm³/mol. The minimum Gasteiger partial charge on any atom is -0.392 e. The van der Waals surface area contributed by atoms with Gasteiger partial charge in [-0.2, -0.15) is 0 Å². The molecule has 1 heterocycles. The Hall–Kier alpha value is -0.690. The summed E-state index contributed by atoms with van der Waals surface area (Å²) >= 11 is 14.2. The SMILES string of the molecule is NC(=S)CN1CCN(C(=O)c2ccc(Cl)cc2Br)CC1. The van der Waals surface area contributed by atoms with Crippen LogP contribution in [0.15, 0.2) is 22.7 Å². The number of rotatable bonds is 3. The average Bonchev–Trinajstić information content (AvgIpc) is 2.38. The maximum atomic E-state index is 12.4. The molecule has 0 radical (unpaired) electrons. The average molecular weight is 377 g/mol. The standard InChI is InChI=1S/C13H15BrClN3OS/c14-11-7-9(15)1-2-10(11)13(19)18-5-3-17(4-6-18)8-12(16)20/h1-2,7H,3-6,8H2,(H2,16,20). The van der Waals surface area contributed by atoms with Crippen LogP contribution in [0.2, 0.25) is 5.02 Å². The van der Waals surface area contributed by atoms with Gasteiger partial charge in [-0.1, -0.05) is 23.8 Å². The zero-order valence-electron chi connectivity index (χ0n) is 10.8. The molecule has 108 valence electrons. The number of halogens is 2. The number of piperazine rings is 1. The third-order valence-corrected chi connectivity index (χ3v) is 4.22. The van der Waals surface area contributed by atoms with Crippen molar-refractivity contribution in [3.05, 3.63) is 33.3 Å². The van der Waals surface area contributed by atoms with E-state index in [1.165, 1.54) is 0 Å². The number of nitrogens with zero attached hydrogens (tertiary/aromatic N) is 2. The first-order valence-electron chi connectivity index (χ1n) is 6.22. The van der Waals surface area contributed by atoms with Crippen molar-refractivity contribution in [2.24, 2.45) is 5.73 Å². The first-order valence-corrected chi connectivity index (χ1v) is 7.80. The topological polar surface area (TPSA) is 49.6 Å². The molecule has 4 nitrogen and oxygen atoms in total. The molecule has 7 heteroatoms. The molecule has 0 saturated carbocycles. The van der Waals surface area contributed by atoms with E-state index in [-0.39, 0.29) is 5.91 Å². The van der Waals surface area contributed by atoms with Crippen molar-refractivity contribution in [3.8, 4) is 0 Å². The van der Waals surface area contributed by atoms with E-state index in [4.69, 9.17) is 29.6 Å². The summed E-state index contributed by atoms with van der Waals surface area (Å²) in [5.74, 6) is 0.0171. The summed E-state index contributed by atoms with van der Waals surface area (Å²) in [6, 6.07) is 5.21. The number of carbonyl (C=O) groups excluding carboxylic acids is 1. The fourth-order valence-corrected chi connectivity index (χ4v) is 3.20. The molecule has 20 heavy (non-hydrogen) atoms. The first-order chi connectivity index (χ1) is 9.47. The van der Waals surface area contributed by atoms with Crippen LogP contribution >= 0.6 is 39.7 Å². The van der Waals surface area contributed by atoms with Crippen LogP contribution in [0.5, 0.6) is 0 Å². The van der Waals surface area contributed by atoms with E-state index < -0.39 is 0 Å². The van der Waals surface area contributed by atoms with Crippen LogP contribution < -0.4 is 5.73 Å². The molecule has 1 aliphatic rings. The largest absolute Gasteiger partial charge is 0.392 e. The van der Waals surface area contributed by atoms with Gasteiger partial charge in [-0.25, -0.2) is 0 Å². The molecular formula is C13H15BrClN3OS. The van der Waals surface area contributed by atoms with Gasteiger partial charge in [-0.3, -0.25) is 9.69 Å². The van der Waals surface area contributed by atoms with Gasteiger partial charge in [0.25, 0.3) is 5.91 Å². The van der Waals surface area contributed by atoms with E-state index in [1.807, 2.05) is 4.90 Å². The molecule has 1 aromatic carbocycles. The molecule has 0 spiro atoms. The highest BCUT2D eigenvalue weighted by Gasteiger charge is 2.23. The third kappa shape index (κ3) is 3.91. The Morgan fingerprint density at radius 1 is 1.35 bits per heavy atom. The van der Waals surface area contributed by atoms with E-state index in [9.17, 15) is 4.79 Å². The van der Waals surface area contributed by atoms with Gasteiger partial charge in [0.1, 0.15) is 0 Å². The zero-order valence-corrected chi connectivity index (χ0v) is 14.0. The van der Waals surface area contributed by atoms with Gasteiger partial charge in [0.15, 0.2) is 0 Å². The highest BCUT2D eigenvalue weighted by atomic mass is 79.9. The Morgan fingerprint density at radius 2 is 2.00 bits per heavy atom. The molecule has 2 N–H and O–H groups in total. The van der Waals surface area contributed by atoms with E-state index in [2.05, 4.69) is 20.8 Å². The lowest BCUT2D eigenvalue weighted by Gasteiger charge is -2.34. The number of thiocarbonyl (C=S) groups is 1. The Morgan fingerprint density at radius 3 is 2.55 bits per heavy atom. The second kappa shape index (κ2) is 6.85. The number of benzene rings is 1. The van der Waals surface area contributed by atoms with Gasteiger partial charge in [-0.15, -0.1) is 0 Å². The first kappa shape index (κ1) is 15.7. The van der Waals surface area contributed by atoms with Crippen molar-refractivity contribution < 1.29 is 4.79 Å². The Kier molecular flexibility index (Phi) is 5.37. The highest BCUT2D eigenvalue weighted by Crippen LogP contribution is 2.23. The van der Waals surface area contributed by atoms with Crippen LogP contribution in [0, 0.1) is 0 Å². The van der Waals surface area contributed by atoms with Gasteiger partial charge in [0, 0.05) is 42.2 Å². The molecule has 0 aromatic heterocycles. The van der Waals surface area contributed by atoms with Crippen molar-refractivity contribution in [2.45, 2.75) is 0 Å². The number of carbonyl (C=O) groups is 1. The molecule has 1 aliphatic heterocycles. The molecule has 0 unspecified atom stereocenters. The normalized spacial score (nSPS) is 16.2. The van der Waals surface area contributed by atoms with E-state index >= 15 is 0 Å². The second-order valence-electron chi connectivity index (χ2n) is 4.66. The molecule has 2 rings (SSSR count). The van der Waals surface area contributed by atoms with E-state index in [0.717, 1.165) is 17.6 Å². The lowest BCUT2D eigenvalue weighted by molar-refractivity contribution is 0.0653. The lowest BCUT2D eigenvalue weighted by Crippen LogP contribution is -2.50. The quantitative estimate of drug-likeness (QED) is 0.821. The Balaban J connectivity index is 1.99. The van der Waals surface area contributed by atoms with Crippen LogP contribution in [0.3, 0.4) is 0 Å². The van der Waals surface area contributed by atoms with E-state index in [1.54, 1.807) is 18.2 Å². The predicted octanol–water partition coefficient (Wildman–Crippen LogP) is 2.15.